The van der Waals surface area contributed by atoms with Gasteiger partial charge in [-0.05, 0) is 24.8 Å². The van der Waals surface area contributed by atoms with Gasteiger partial charge in [0.15, 0.2) is 0 Å². The highest BCUT2D eigenvalue weighted by molar-refractivity contribution is 8.04. The number of rotatable bonds is 7. The molecule has 0 fully saturated rings. The largest absolute Gasteiger partial charge is 0.324 e. The number of hydrogen-bond donors (Lipinski definition) is 1. The van der Waals surface area contributed by atoms with E-state index in [1.165, 1.54) is 11.8 Å². The van der Waals surface area contributed by atoms with E-state index in [4.69, 9.17) is 0 Å². The number of aryl methyl sites for hydroxylation is 1. The highest BCUT2D eigenvalue weighted by Gasteiger charge is 2.37. The Labute approximate surface area is 145 Å². The summed E-state index contributed by atoms with van der Waals surface area (Å²) in [5, 5.41) is 4.47. The summed E-state index contributed by atoms with van der Waals surface area (Å²) < 4.78 is 27.2. The summed E-state index contributed by atoms with van der Waals surface area (Å²) >= 11 is 2.88. The molecule has 1 aromatic heterocycles. The number of thiophene rings is 1. The van der Waals surface area contributed by atoms with Gasteiger partial charge in [-0.2, -0.15) is 0 Å². The van der Waals surface area contributed by atoms with E-state index in [2.05, 4.69) is 25.0 Å². The molecule has 0 saturated heterocycles. The zero-order valence-corrected chi connectivity index (χ0v) is 16.4. The molecule has 0 radical (unpaired) electrons. The number of amides is 1. The molecule has 23 heavy (non-hydrogen) atoms. The SMILES string of the molecule is CC1SC(NC=O)=C(C(F)F)N1c1ccsc1CC[Si](C)(C)C. The average molecular weight is 377 g/mol. The molecule has 0 bridgehead atoms. The Kier molecular flexibility index (Phi) is 5.91. The number of carbonyl (C=O) groups excluding carboxylic acids is 1. The molecular weight excluding hydrogens is 354 g/mol. The number of nitrogens with zero attached hydrogens (tertiary/aromatic N) is 1. The molecule has 2 heterocycles. The maximum atomic E-state index is 13.6. The summed E-state index contributed by atoms with van der Waals surface area (Å²) in [4.78, 5) is 13.5. The van der Waals surface area contributed by atoms with Crippen molar-refractivity contribution >= 4 is 43.3 Å². The van der Waals surface area contributed by atoms with Crippen LogP contribution in [0, 0.1) is 0 Å². The van der Waals surface area contributed by atoms with Crippen molar-refractivity contribution in [2.75, 3.05) is 4.90 Å². The van der Waals surface area contributed by atoms with Gasteiger partial charge in [-0.3, -0.25) is 4.79 Å². The van der Waals surface area contributed by atoms with Gasteiger partial charge in [0, 0.05) is 13.0 Å². The van der Waals surface area contributed by atoms with Crippen LogP contribution in [0.15, 0.2) is 22.2 Å². The topological polar surface area (TPSA) is 32.3 Å². The summed E-state index contributed by atoms with van der Waals surface area (Å²) in [7, 11) is -1.19. The fourth-order valence-electron chi connectivity index (χ4n) is 2.50. The van der Waals surface area contributed by atoms with Crippen molar-refractivity contribution in [1.82, 2.24) is 5.32 Å². The van der Waals surface area contributed by atoms with Crippen molar-refractivity contribution in [2.24, 2.45) is 0 Å². The van der Waals surface area contributed by atoms with E-state index in [1.807, 2.05) is 18.4 Å². The minimum absolute atomic E-state index is 0.0951. The number of allylic oxidation sites excluding steroid dienone is 1. The van der Waals surface area contributed by atoms with Gasteiger partial charge in [-0.1, -0.05) is 37.4 Å². The van der Waals surface area contributed by atoms with Crippen molar-refractivity contribution in [3.63, 3.8) is 0 Å². The molecule has 1 unspecified atom stereocenters. The van der Waals surface area contributed by atoms with Crippen LogP contribution in [0.4, 0.5) is 14.5 Å². The first-order chi connectivity index (χ1) is 10.7. The summed E-state index contributed by atoms with van der Waals surface area (Å²) in [5.41, 5.74) is 0.758. The van der Waals surface area contributed by atoms with E-state index in [0.717, 1.165) is 23.0 Å². The second kappa shape index (κ2) is 7.35. The first-order valence-electron chi connectivity index (χ1n) is 7.49. The lowest BCUT2D eigenvalue weighted by Crippen LogP contribution is -2.30. The Morgan fingerprint density at radius 2 is 2.13 bits per heavy atom. The minimum atomic E-state index is -2.63. The van der Waals surface area contributed by atoms with Crippen LogP contribution in [0.25, 0.3) is 0 Å². The molecular formula is C15H22F2N2OS2Si. The van der Waals surface area contributed by atoms with E-state index in [1.54, 1.807) is 16.2 Å². The van der Waals surface area contributed by atoms with Gasteiger partial charge in [0.05, 0.1) is 11.1 Å². The van der Waals surface area contributed by atoms with E-state index in [0.29, 0.717) is 6.41 Å². The second-order valence-electron chi connectivity index (χ2n) is 6.65. The quantitative estimate of drug-likeness (QED) is 0.553. The Morgan fingerprint density at radius 3 is 2.70 bits per heavy atom. The first kappa shape index (κ1) is 18.5. The maximum absolute atomic E-state index is 13.6. The second-order valence-corrected chi connectivity index (χ2v) is 14.6. The number of nitrogens with one attached hydrogen (secondary N) is 1. The molecule has 3 nitrogen and oxygen atoms in total. The predicted molar refractivity (Wildman–Crippen MR) is 97.9 cm³/mol. The standard InChI is InChI=1S/C15H22F2N2OS2Si/c1-10-19(13(14(16)17)15(22-10)18-9-20)11-5-7-21-12(11)6-8-23(2,3)4/h5,7,9-10,14H,6,8H2,1-4H3,(H,18,20). The summed E-state index contributed by atoms with van der Waals surface area (Å²) in [5.74, 6) is 0. The molecule has 1 amide bonds. The molecule has 128 valence electrons. The summed E-state index contributed by atoms with van der Waals surface area (Å²) in [6.45, 7) is 8.81. The fourth-order valence-corrected chi connectivity index (χ4v) is 5.65. The van der Waals surface area contributed by atoms with Crippen molar-refractivity contribution in [2.45, 2.75) is 50.8 Å². The van der Waals surface area contributed by atoms with Gasteiger partial charge in [0.1, 0.15) is 10.7 Å². The van der Waals surface area contributed by atoms with Gasteiger partial charge in [-0.25, -0.2) is 8.78 Å². The lowest BCUT2D eigenvalue weighted by atomic mass is 10.2. The van der Waals surface area contributed by atoms with Crippen LogP contribution in [0.3, 0.4) is 0 Å². The number of halogens is 2. The van der Waals surface area contributed by atoms with Crippen LogP contribution in [-0.2, 0) is 11.2 Å². The van der Waals surface area contributed by atoms with Crippen molar-refractivity contribution < 1.29 is 13.6 Å². The molecule has 1 atom stereocenters. The minimum Gasteiger partial charge on any atom is -0.324 e. The molecule has 0 saturated carbocycles. The predicted octanol–water partition coefficient (Wildman–Crippen LogP) is 4.71. The monoisotopic (exact) mass is 376 g/mol. The van der Waals surface area contributed by atoms with Crippen molar-refractivity contribution in [3.8, 4) is 0 Å². The third-order valence-electron chi connectivity index (χ3n) is 3.62. The van der Waals surface area contributed by atoms with Crippen LogP contribution < -0.4 is 10.2 Å². The molecule has 2 rings (SSSR count). The van der Waals surface area contributed by atoms with E-state index >= 15 is 0 Å². The highest BCUT2D eigenvalue weighted by atomic mass is 32.2. The number of anilines is 1. The molecule has 1 aliphatic heterocycles. The number of alkyl halides is 2. The fraction of sp³-hybridized carbons (Fsp3) is 0.533. The van der Waals surface area contributed by atoms with Crippen molar-refractivity contribution in [3.05, 3.63) is 27.0 Å². The number of hydrogen-bond acceptors (Lipinski definition) is 4. The first-order valence-corrected chi connectivity index (χ1v) is 13.0. The summed E-state index contributed by atoms with van der Waals surface area (Å²) in [6.07, 6.45) is -1.25. The van der Waals surface area contributed by atoms with Gasteiger partial charge < -0.3 is 10.2 Å². The average Bonchev–Trinajstić information content (AvgIpc) is 2.99. The third kappa shape index (κ3) is 4.36. The van der Waals surface area contributed by atoms with Crippen LogP contribution in [0.5, 0.6) is 0 Å². The Balaban J connectivity index is 2.33. The third-order valence-corrected chi connectivity index (χ3v) is 7.46. The van der Waals surface area contributed by atoms with Gasteiger partial charge >= 0.3 is 0 Å². The normalized spacial score (nSPS) is 18.9. The zero-order chi connectivity index (χ0) is 17.2. The van der Waals surface area contributed by atoms with Crippen LogP contribution in [0.2, 0.25) is 25.7 Å². The number of carbonyl (C=O) groups is 1. The molecule has 0 aromatic carbocycles. The molecule has 1 aliphatic rings. The van der Waals surface area contributed by atoms with Crippen LogP contribution >= 0.6 is 23.1 Å². The Hall–Kier alpha value is -0.863. The lowest BCUT2D eigenvalue weighted by Gasteiger charge is -2.27. The lowest BCUT2D eigenvalue weighted by molar-refractivity contribution is -0.108. The molecule has 1 N–H and O–H groups in total. The molecule has 1 aromatic rings. The van der Waals surface area contributed by atoms with Gasteiger partial charge in [0.25, 0.3) is 6.43 Å². The Morgan fingerprint density at radius 1 is 1.43 bits per heavy atom. The number of thioether (sulfide) groups is 1. The van der Waals surface area contributed by atoms with E-state index in [-0.39, 0.29) is 16.1 Å². The highest BCUT2D eigenvalue weighted by Crippen LogP contribution is 2.44. The molecule has 0 spiro atoms. The van der Waals surface area contributed by atoms with Crippen molar-refractivity contribution in [1.29, 1.82) is 0 Å². The van der Waals surface area contributed by atoms with Gasteiger partial charge in [-0.15, -0.1) is 11.3 Å². The van der Waals surface area contributed by atoms with Gasteiger partial charge in [0.2, 0.25) is 6.41 Å². The molecule has 8 heteroatoms. The molecule has 0 aliphatic carbocycles. The smallest absolute Gasteiger partial charge is 0.281 e. The van der Waals surface area contributed by atoms with Crippen LogP contribution in [-0.4, -0.2) is 26.3 Å². The zero-order valence-electron chi connectivity index (χ0n) is 13.7. The van der Waals surface area contributed by atoms with E-state index < -0.39 is 14.5 Å². The maximum Gasteiger partial charge on any atom is 0.281 e. The Bertz CT molecular complexity index is 599. The van der Waals surface area contributed by atoms with E-state index in [9.17, 15) is 13.6 Å². The summed E-state index contributed by atoms with van der Waals surface area (Å²) in [6, 6.07) is 3.04. The van der Waals surface area contributed by atoms with Crippen LogP contribution in [0.1, 0.15) is 11.8 Å².